The zero-order valence-electron chi connectivity index (χ0n) is 12.0. The lowest BCUT2D eigenvalue weighted by atomic mass is 10.0. The Morgan fingerprint density at radius 2 is 1.87 bits per heavy atom. The SMILES string of the molecule is CCC(=O)c1ccc2oc(=O)c(C(=O)O)cc2c1OCC(=O)O. The van der Waals surface area contributed by atoms with Crippen LogP contribution in [0.1, 0.15) is 34.1 Å². The fraction of sp³-hybridized carbons (Fsp3) is 0.200. The number of aliphatic carboxylic acids is 1. The maximum atomic E-state index is 12.0. The second-order valence-corrected chi connectivity index (χ2v) is 4.57. The van der Waals surface area contributed by atoms with Crippen LogP contribution in [0.2, 0.25) is 0 Å². The second-order valence-electron chi connectivity index (χ2n) is 4.57. The molecule has 1 aromatic carbocycles. The average molecular weight is 320 g/mol. The molecule has 0 saturated heterocycles. The molecular weight excluding hydrogens is 308 g/mol. The van der Waals surface area contributed by atoms with E-state index in [-0.39, 0.29) is 34.5 Å². The normalized spacial score (nSPS) is 10.5. The van der Waals surface area contributed by atoms with Gasteiger partial charge in [0.25, 0.3) is 0 Å². The van der Waals surface area contributed by atoms with E-state index in [1.165, 1.54) is 12.1 Å². The number of rotatable bonds is 6. The highest BCUT2D eigenvalue weighted by Crippen LogP contribution is 2.31. The minimum absolute atomic E-state index is 0.00644. The largest absolute Gasteiger partial charge is 0.480 e. The maximum absolute atomic E-state index is 12.0. The van der Waals surface area contributed by atoms with E-state index in [2.05, 4.69) is 0 Å². The Balaban J connectivity index is 2.77. The van der Waals surface area contributed by atoms with Gasteiger partial charge in [-0.15, -0.1) is 0 Å². The summed E-state index contributed by atoms with van der Waals surface area (Å²) in [5.74, 6) is -3.22. The predicted molar refractivity (Wildman–Crippen MR) is 77.2 cm³/mol. The van der Waals surface area contributed by atoms with Crippen LogP contribution in [0.4, 0.5) is 0 Å². The first-order chi connectivity index (χ1) is 10.8. The van der Waals surface area contributed by atoms with Crippen molar-refractivity contribution in [2.75, 3.05) is 6.61 Å². The molecule has 0 aliphatic heterocycles. The van der Waals surface area contributed by atoms with Gasteiger partial charge in [0.1, 0.15) is 16.9 Å². The highest BCUT2D eigenvalue weighted by molar-refractivity contribution is 6.04. The molecule has 2 N–H and O–H groups in total. The summed E-state index contributed by atoms with van der Waals surface area (Å²) in [5.41, 5.74) is -1.61. The predicted octanol–water partition coefficient (Wildman–Crippen LogP) is 1.55. The first kappa shape index (κ1) is 16.2. The molecule has 8 heteroatoms. The maximum Gasteiger partial charge on any atom is 0.351 e. The minimum atomic E-state index is -1.50. The van der Waals surface area contributed by atoms with Crippen LogP contribution in [0.15, 0.2) is 27.4 Å². The van der Waals surface area contributed by atoms with Gasteiger partial charge < -0.3 is 19.4 Å². The lowest BCUT2D eigenvalue weighted by molar-refractivity contribution is -0.139. The standard InChI is InChI=1S/C15H12O8/c1-2-10(16)7-3-4-11-8(13(7)22-6-12(17)18)5-9(14(19)20)15(21)23-11/h3-5H,2,6H2,1H3,(H,17,18)(H,19,20). The molecule has 120 valence electrons. The van der Waals surface area contributed by atoms with Crippen LogP contribution in [0.3, 0.4) is 0 Å². The zero-order chi connectivity index (χ0) is 17.1. The van der Waals surface area contributed by atoms with E-state index < -0.39 is 29.7 Å². The van der Waals surface area contributed by atoms with Crippen LogP contribution in [-0.4, -0.2) is 34.5 Å². The van der Waals surface area contributed by atoms with Crippen molar-refractivity contribution in [3.63, 3.8) is 0 Å². The van der Waals surface area contributed by atoms with E-state index in [1.807, 2.05) is 0 Å². The Morgan fingerprint density at radius 1 is 1.17 bits per heavy atom. The van der Waals surface area contributed by atoms with E-state index in [0.29, 0.717) is 0 Å². The van der Waals surface area contributed by atoms with Gasteiger partial charge in [0.2, 0.25) is 0 Å². The summed E-state index contributed by atoms with van der Waals surface area (Å²) in [6, 6.07) is 3.68. The van der Waals surface area contributed by atoms with Crippen molar-refractivity contribution < 1.29 is 33.8 Å². The van der Waals surface area contributed by atoms with Crippen LogP contribution < -0.4 is 10.4 Å². The lowest BCUT2D eigenvalue weighted by Gasteiger charge is -2.12. The number of carbonyl (C=O) groups is 3. The molecule has 0 spiro atoms. The number of Topliss-reactive ketones (excluding diaryl/α,β-unsaturated/α-hetero) is 1. The van der Waals surface area contributed by atoms with Crippen LogP contribution in [0.25, 0.3) is 11.0 Å². The third-order valence-electron chi connectivity index (χ3n) is 3.06. The molecule has 2 rings (SSSR count). The van der Waals surface area contributed by atoms with Gasteiger partial charge in [-0.25, -0.2) is 14.4 Å². The number of fused-ring (bicyclic) bond motifs is 1. The summed E-state index contributed by atoms with van der Waals surface area (Å²) in [6.45, 7) is 0.881. The Morgan fingerprint density at radius 3 is 2.43 bits per heavy atom. The summed E-state index contributed by atoms with van der Waals surface area (Å²) in [7, 11) is 0. The number of ketones is 1. The molecule has 0 atom stereocenters. The van der Waals surface area contributed by atoms with E-state index in [0.717, 1.165) is 6.07 Å². The van der Waals surface area contributed by atoms with E-state index >= 15 is 0 Å². The van der Waals surface area contributed by atoms with Crippen LogP contribution in [0, 0.1) is 0 Å². The zero-order valence-corrected chi connectivity index (χ0v) is 12.0. The molecular formula is C15H12O8. The minimum Gasteiger partial charge on any atom is -0.480 e. The Kier molecular flexibility index (Phi) is 4.44. The van der Waals surface area contributed by atoms with E-state index in [9.17, 15) is 19.2 Å². The molecule has 1 heterocycles. The third-order valence-corrected chi connectivity index (χ3v) is 3.06. The van der Waals surface area contributed by atoms with Gasteiger partial charge in [0, 0.05) is 6.42 Å². The van der Waals surface area contributed by atoms with Gasteiger partial charge in [0.05, 0.1) is 10.9 Å². The molecule has 0 fully saturated rings. The summed E-state index contributed by atoms with van der Waals surface area (Å²) >= 11 is 0. The second kappa shape index (κ2) is 6.30. The Labute approximate surface area is 128 Å². The number of carbonyl (C=O) groups excluding carboxylic acids is 1. The van der Waals surface area contributed by atoms with Crippen LogP contribution in [-0.2, 0) is 4.79 Å². The highest BCUT2D eigenvalue weighted by Gasteiger charge is 2.20. The molecule has 0 saturated carbocycles. The highest BCUT2D eigenvalue weighted by atomic mass is 16.5. The number of aromatic carboxylic acids is 1. The molecule has 0 amide bonds. The number of carboxylic acids is 2. The first-order valence-electron chi connectivity index (χ1n) is 6.57. The molecule has 23 heavy (non-hydrogen) atoms. The number of ether oxygens (including phenoxy) is 1. The molecule has 0 aliphatic carbocycles. The molecule has 0 bridgehead atoms. The van der Waals surface area contributed by atoms with Crippen molar-refractivity contribution in [3.8, 4) is 5.75 Å². The fourth-order valence-corrected chi connectivity index (χ4v) is 2.01. The van der Waals surface area contributed by atoms with E-state index in [4.69, 9.17) is 19.4 Å². The van der Waals surface area contributed by atoms with Gasteiger partial charge in [-0.05, 0) is 18.2 Å². The van der Waals surface area contributed by atoms with Gasteiger partial charge in [-0.2, -0.15) is 0 Å². The summed E-state index contributed by atoms with van der Waals surface area (Å²) < 4.78 is 10.0. The molecule has 1 aromatic heterocycles. The van der Waals surface area contributed by atoms with Crippen molar-refractivity contribution in [1.29, 1.82) is 0 Å². The smallest absolute Gasteiger partial charge is 0.351 e. The molecule has 0 aliphatic rings. The summed E-state index contributed by atoms with van der Waals surface area (Å²) in [6.07, 6.45) is 0.136. The van der Waals surface area contributed by atoms with Crippen molar-refractivity contribution >= 4 is 28.7 Å². The van der Waals surface area contributed by atoms with E-state index in [1.54, 1.807) is 6.92 Å². The Bertz CT molecular complexity index is 862. The third kappa shape index (κ3) is 3.20. The number of carboxylic acid groups (broad SMARTS) is 2. The monoisotopic (exact) mass is 320 g/mol. The van der Waals surface area contributed by atoms with Gasteiger partial charge in [0.15, 0.2) is 12.4 Å². The topological polar surface area (TPSA) is 131 Å². The van der Waals surface area contributed by atoms with Crippen molar-refractivity contribution in [2.24, 2.45) is 0 Å². The van der Waals surface area contributed by atoms with Crippen molar-refractivity contribution in [3.05, 3.63) is 39.7 Å². The number of hydrogen-bond donors (Lipinski definition) is 2. The average Bonchev–Trinajstić information content (AvgIpc) is 2.50. The first-order valence-corrected chi connectivity index (χ1v) is 6.57. The van der Waals surface area contributed by atoms with Crippen LogP contribution in [0.5, 0.6) is 5.75 Å². The summed E-state index contributed by atoms with van der Waals surface area (Å²) in [4.78, 5) is 45.3. The lowest BCUT2D eigenvalue weighted by Crippen LogP contribution is -2.15. The molecule has 0 radical (unpaired) electrons. The van der Waals surface area contributed by atoms with Gasteiger partial charge >= 0.3 is 17.6 Å². The fourth-order valence-electron chi connectivity index (χ4n) is 2.01. The van der Waals surface area contributed by atoms with Crippen molar-refractivity contribution in [1.82, 2.24) is 0 Å². The van der Waals surface area contributed by atoms with Crippen molar-refractivity contribution in [2.45, 2.75) is 13.3 Å². The summed E-state index contributed by atoms with van der Waals surface area (Å²) in [5, 5.41) is 17.8. The number of benzene rings is 1. The quantitative estimate of drug-likeness (QED) is 0.605. The number of hydrogen-bond acceptors (Lipinski definition) is 6. The molecule has 0 unspecified atom stereocenters. The Hall–Kier alpha value is -3.16. The molecule has 2 aromatic rings. The van der Waals surface area contributed by atoms with Crippen LogP contribution >= 0.6 is 0 Å². The van der Waals surface area contributed by atoms with Gasteiger partial charge in [-0.1, -0.05) is 6.92 Å². The van der Waals surface area contributed by atoms with Gasteiger partial charge in [-0.3, -0.25) is 4.79 Å². The molecule has 8 nitrogen and oxygen atoms in total.